The smallest absolute Gasteiger partial charge is 0.267 e. The quantitative estimate of drug-likeness (QED) is 0.336. The highest BCUT2D eigenvalue weighted by atomic mass is 35.5. The Labute approximate surface area is 208 Å². The molecule has 2 aromatic heterocycles. The van der Waals surface area contributed by atoms with Crippen molar-refractivity contribution < 1.29 is 22.8 Å². The number of hydrogen-bond donors (Lipinski definition) is 3. The Bertz CT molecular complexity index is 1310. The first-order chi connectivity index (χ1) is 15.9. The number of amides is 1. The van der Waals surface area contributed by atoms with E-state index in [0.29, 0.717) is 22.7 Å². The molecule has 0 fully saturated rings. The lowest BCUT2D eigenvalue weighted by molar-refractivity contribution is 0.102. The molecule has 2 heterocycles. The maximum Gasteiger partial charge on any atom is 0.267 e. The third-order valence-corrected chi connectivity index (χ3v) is 8.39. The van der Waals surface area contributed by atoms with Crippen LogP contribution in [0.3, 0.4) is 0 Å². The average molecular weight is 526 g/mol. The van der Waals surface area contributed by atoms with Crippen LogP contribution in [-0.2, 0) is 10.0 Å². The van der Waals surface area contributed by atoms with Crippen molar-refractivity contribution in [3.05, 3.63) is 55.4 Å². The molecule has 1 atom stereocenters. The first-order valence-electron chi connectivity index (χ1n) is 10.7. The highest BCUT2D eigenvalue weighted by molar-refractivity contribution is 7.93. The fraction of sp³-hybridized carbons (Fsp3) is 0.391. The number of hydrogen-bond acceptors (Lipinski definition) is 7. The zero-order chi connectivity index (χ0) is 25.2. The van der Waals surface area contributed by atoms with Gasteiger partial charge in [-0.25, -0.2) is 13.1 Å². The van der Waals surface area contributed by atoms with Gasteiger partial charge in [-0.1, -0.05) is 41.4 Å². The number of benzene rings is 1. The summed E-state index contributed by atoms with van der Waals surface area (Å²) < 4.78 is 33.5. The fourth-order valence-electron chi connectivity index (χ4n) is 3.73. The second kappa shape index (κ2) is 10.5. The van der Waals surface area contributed by atoms with E-state index in [0.717, 1.165) is 34.4 Å². The van der Waals surface area contributed by atoms with Gasteiger partial charge in [-0.15, -0.1) is 11.3 Å². The number of nitrogens with zero attached hydrogens (tertiary/aromatic N) is 1. The number of carbonyl (C=O) groups excluding carboxylic acids is 1. The van der Waals surface area contributed by atoms with Crippen molar-refractivity contribution in [3.63, 3.8) is 0 Å². The molecule has 0 radical (unpaired) electrons. The predicted molar refractivity (Wildman–Crippen MR) is 135 cm³/mol. The lowest BCUT2D eigenvalue weighted by atomic mass is 9.91. The van der Waals surface area contributed by atoms with Gasteiger partial charge in [0.1, 0.15) is 20.5 Å². The summed E-state index contributed by atoms with van der Waals surface area (Å²) in [4.78, 5) is 13.9. The van der Waals surface area contributed by atoms with Crippen LogP contribution in [0.2, 0.25) is 5.02 Å². The standard InChI is InChI=1S/C23H28ClN3O5S2/c1-12-9-14(3)20(17(10-12)13(2)7-6-8-28)25-22(29)21-18(11-15(4)33-21)34(30,31)27-23-19(24)16(5)26-32-23/h9-11,13,27-28H,6-8H2,1-5H3,(H,25,29). The van der Waals surface area contributed by atoms with Gasteiger partial charge in [-0.05, 0) is 63.6 Å². The van der Waals surface area contributed by atoms with Crippen LogP contribution in [-0.4, -0.2) is 31.2 Å². The number of anilines is 2. The zero-order valence-corrected chi connectivity index (χ0v) is 22.0. The maximum atomic E-state index is 13.3. The largest absolute Gasteiger partial charge is 0.396 e. The zero-order valence-electron chi connectivity index (χ0n) is 19.7. The van der Waals surface area contributed by atoms with Gasteiger partial charge in [-0.2, -0.15) is 0 Å². The van der Waals surface area contributed by atoms with Crippen LogP contribution in [0.15, 0.2) is 27.6 Å². The van der Waals surface area contributed by atoms with Gasteiger partial charge in [0.15, 0.2) is 0 Å². The molecule has 1 unspecified atom stereocenters. The molecule has 34 heavy (non-hydrogen) atoms. The number of thiophene rings is 1. The molecule has 0 saturated heterocycles. The summed E-state index contributed by atoms with van der Waals surface area (Å²) in [7, 11) is -4.17. The topological polar surface area (TPSA) is 122 Å². The van der Waals surface area contributed by atoms with E-state index in [-0.39, 0.29) is 33.2 Å². The summed E-state index contributed by atoms with van der Waals surface area (Å²) in [5.74, 6) is -0.641. The number of aromatic nitrogens is 1. The molecule has 3 N–H and O–H groups in total. The molecule has 0 aliphatic heterocycles. The molecule has 0 bridgehead atoms. The van der Waals surface area contributed by atoms with E-state index in [1.807, 2.05) is 32.9 Å². The van der Waals surface area contributed by atoms with Crippen molar-refractivity contribution in [3.8, 4) is 0 Å². The molecule has 1 aromatic carbocycles. The fourth-order valence-corrected chi connectivity index (χ4v) is 6.40. The van der Waals surface area contributed by atoms with Crippen molar-refractivity contribution in [2.75, 3.05) is 16.6 Å². The highest BCUT2D eigenvalue weighted by Gasteiger charge is 2.29. The lowest BCUT2D eigenvalue weighted by Gasteiger charge is -2.20. The molecule has 184 valence electrons. The first-order valence-corrected chi connectivity index (χ1v) is 13.4. The van der Waals surface area contributed by atoms with Crippen molar-refractivity contribution in [1.82, 2.24) is 5.16 Å². The minimum absolute atomic E-state index is 0.0475. The summed E-state index contributed by atoms with van der Waals surface area (Å²) in [5.41, 5.74) is 3.87. The summed E-state index contributed by atoms with van der Waals surface area (Å²) in [6.07, 6.45) is 1.39. The molecular weight excluding hydrogens is 498 g/mol. The van der Waals surface area contributed by atoms with Gasteiger partial charge in [0.2, 0.25) is 0 Å². The Morgan fingerprint density at radius 2 is 1.94 bits per heavy atom. The maximum absolute atomic E-state index is 13.3. The average Bonchev–Trinajstić information content (AvgIpc) is 3.31. The lowest BCUT2D eigenvalue weighted by Crippen LogP contribution is -2.19. The van der Waals surface area contributed by atoms with Gasteiger partial charge >= 0.3 is 0 Å². The molecule has 11 heteroatoms. The van der Waals surface area contributed by atoms with Crippen molar-refractivity contribution in [2.45, 2.75) is 58.3 Å². The Morgan fingerprint density at radius 1 is 1.24 bits per heavy atom. The summed E-state index contributed by atoms with van der Waals surface area (Å²) in [6, 6.07) is 5.41. The third kappa shape index (κ3) is 5.63. The molecular formula is C23H28ClN3O5S2. The third-order valence-electron chi connectivity index (χ3n) is 5.41. The predicted octanol–water partition coefficient (Wildman–Crippen LogP) is 5.55. The van der Waals surface area contributed by atoms with Crippen LogP contribution in [0.4, 0.5) is 11.6 Å². The van der Waals surface area contributed by atoms with Crippen LogP contribution in [0.1, 0.15) is 62.6 Å². The molecule has 3 aromatic rings. The number of aryl methyl sites for hydroxylation is 4. The Morgan fingerprint density at radius 3 is 2.56 bits per heavy atom. The molecule has 0 aliphatic rings. The van der Waals surface area contributed by atoms with Crippen molar-refractivity contribution in [1.29, 1.82) is 0 Å². The van der Waals surface area contributed by atoms with E-state index >= 15 is 0 Å². The molecule has 3 rings (SSSR count). The summed E-state index contributed by atoms with van der Waals surface area (Å²) >= 11 is 7.14. The molecule has 0 spiro atoms. The molecule has 0 aliphatic carbocycles. The second-order valence-corrected chi connectivity index (χ2v) is 11.6. The minimum Gasteiger partial charge on any atom is -0.396 e. The number of aliphatic hydroxyl groups is 1. The van der Waals surface area contributed by atoms with Crippen LogP contribution < -0.4 is 10.0 Å². The van der Waals surface area contributed by atoms with Gasteiger partial charge in [-0.3, -0.25) is 4.79 Å². The van der Waals surface area contributed by atoms with Crippen LogP contribution >= 0.6 is 22.9 Å². The molecule has 8 nitrogen and oxygen atoms in total. The van der Waals surface area contributed by atoms with E-state index in [4.69, 9.17) is 16.1 Å². The Hall–Kier alpha value is -2.40. The normalized spacial score (nSPS) is 12.6. The Kier molecular flexibility index (Phi) is 8.07. The number of aliphatic hydroxyl groups excluding tert-OH is 1. The first kappa shape index (κ1) is 26.2. The number of sulfonamides is 1. The molecule has 0 saturated carbocycles. The van der Waals surface area contributed by atoms with E-state index in [2.05, 4.69) is 15.2 Å². The van der Waals surface area contributed by atoms with E-state index in [1.165, 1.54) is 6.07 Å². The summed E-state index contributed by atoms with van der Waals surface area (Å²) in [6.45, 7) is 9.33. The van der Waals surface area contributed by atoms with E-state index < -0.39 is 15.9 Å². The van der Waals surface area contributed by atoms with Gasteiger partial charge in [0.25, 0.3) is 21.8 Å². The number of halogens is 1. The number of carbonyl (C=O) groups is 1. The number of rotatable bonds is 9. The van der Waals surface area contributed by atoms with E-state index in [9.17, 15) is 18.3 Å². The van der Waals surface area contributed by atoms with Crippen LogP contribution in [0.25, 0.3) is 0 Å². The highest BCUT2D eigenvalue weighted by Crippen LogP contribution is 2.35. The molecule has 1 amide bonds. The number of nitrogens with one attached hydrogen (secondary N) is 2. The van der Waals surface area contributed by atoms with Gasteiger partial charge in [0, 0.05) is 17.2 Å². The van der Waals surface area contributed by atoms with Gasteiger partial charge < -0.3 is 14.9 Å². The minimum atomic E-state index is -4.17. The van der Waals surface area contributed by atoms with Crippen LogP contribution in [0, 0.1) is 27.7 Å². The van der Waals surface area contributed by atoms with Crippen molar-refractivity contribution >= 4 is 50.4 Å². The van der Waals surface area contributed by atoms with Crippen LogP contribution in [0.5, 0.6) is 0 Å². The monoisotopic (exact) mass is 525 g/mol. The van der Waals surface area contributed by atoms with Crippen molar-refractivity contribution in [2.24, 2.45) is 0 Å². The van der Waals surface area contributed by atoms with Gasteiger partial charge in [0.05, 0.1) is 0 Å². The Balaban J connectivity index is 1.96. The second-order valence-electron chi connectivity index (χ2n) is 8.33. The summed E-state index contributed by atoms with van der Waals surface area (Å²) in [5, 5.41) is 15.9. The van der Waals surface area contributed by atoms with E-state index in [1.54, 1.807) is 13.8 Å². The SMILES string of the molecule is Cc1cc(C)c(NC(=O)c2sc(C)cc2S(=O)(=O)Nc2onc(C)c2Cl)c(C(C)CCCO)c1.